The van der Waals surface area contributed by atoms with E-state index >= 15 is 0 Å². The van der Waals surface area contributed by atoms with Crippen LogP contribution in [0.2, 0.25) is 0 Å². The predicted octanol–water partition coefficient (Wildman–Crippen LogP) is 3.32. The van der Waals surface area contributed by atoms with E-state index in [0.29, 0.717) is 5.56 Å². The Morgan fingerprint density at radius 2 is 1.61 bits per heavy atom. The molecule has 0 aromatic heterocycles. The highest BCUT2D eigenvalue weighted by Crippen LogP contribution is 2.29. The number of hydrogen-bond donors (Lipinski definition) is 1. The van der Waals surface area contributed by atoms with Crippen molar-refractivity contribution in [3.8, 4) is 0 Å². The maximum absolute atomic E-state index is 12.5. The maximum Gasteiger partial charge on any atom is 0.416 e. The fourth-order valence-electron chi connectivity index (χ4n) is 2.00. The molecule has 0 aliphatic carbocycles. The van der Waals surface area contributed by atoms with Gasteiger partial charge in [-0.3, -0.25) is 4.79 Å². The van der Waals surface area contributed by atoms with Crippen molar-refractivity contribution in [2.75, 3.05) is 0 Å². The molecule has 0 aliphatic rings. The van der Waals surface area contributed by atoms with E-state index in [-0.39, 0.29) is 13.0 Å². The van der Waals surface area contributed by atoms with Crippen LogP contribution in [0.15, 0.2) is 54.6 Å². The number of hydrogen-bond acceptors (Lipinski definition) is 3. The van der Waals surface area contributed by atoms with Crippen molar-refractivity contribution in [3.63, 3.8) is 0 Å². The fourth-order valence-corrected chi connectivity index (χ4v) is 2.00. The van der Waals surface area contributed by atoms with E-state index in [1.165, 1.54) is 12.1 Å². The number of nitrogens with two attached hydrogens (primary N) is 1. The Morgan fingerprint density at radius 3 is 2.17 bits per heavy atom. The van der Waals surface area contributed by atoms with Crippen molar-refractivity contribution in [3.05, 3.63) is 71.3 Å². The molecule has 0 fully saturated rings. The highest BCUT2D eigenvalue weighted by atomic mass is 19.4. The minimum atomic E-state index is -4.38. The number of alkyl halides is 3. The van der Waals surface area contributed by atoms with E-state index in [4.69, 9.17) is 10.5 Å². The van der Waals surface area contributed by atoms with Crippen molar-refractivity contribution in [2.45, 2.75) is 25.2 Å². The van der Waals surface area contributed by atoms with Gasteiger partial charge in [0.25, 0.3) is 0 Å². The van der Waals surface area contributed by atoms with E-state index in [0.717, 1.165) is 17.7 Å². The van der Waals surface area contributed by atoms with E-state index < -0.39 is 23.8 Å². The first-order valence-corrected chi connectivity index (χ1v) is 6.98. The summed E-state index contributed by atoms with van der Waals surface area (Å²) in [4.78, 5) is 11.8. The molecule has 122 valence electrons. The highest BCUT2D eigenvalue weighted by molar-refractivity contribution is 5.75. The molecular formula is C17H16F3NO2. The number of carbonyl (C=O) groups excluding carboxylic acids is 1. The standard InChI is InChI=1S/C17H16F3NO2/c18-17(19,20)14-8-6-12(7-9-14)10-15(21)16(22)23-11-13-4-2-1-3-5-13/h1-9,15H,10-11,21H2/t15-/m1/s1. The third kappa shape index (κ3) is 5.10. The fraction of sp³-hybridized carbons (Fsp3) is 0.235. The summed E-state index contributed by atoms with van der Waals surface area (Å²) in [6.45, 7) is 0.111. The number of halogens is 3. The first-order valence-electron chi connectivity index (χ1n) is 6.98. The second-order valence-corrected chi connectivity index (χ2v) is 5.10. The van der Waals surface area contributed by atoms with Gasteiger partial charge in [-0.15, -0.1) is 0 Å². The zero-order valence-corrected chi connectivity index (χ0v) is 12.2. The SMILES string of the molecule is N[C@H](Cc1ccc(C(F)(F)F)cc1)C(=O)OCc1ccccc1. The Bertz CT molecular complexity index is 639. The van der Waals surface area contributed by atoms with Gasteiger partial charge in [-0.25, -0.2) is 0 Å². The summed E-state index contributed by atoms with van der Waals surface area (Å²) in [6, 6.07) is 12.8. The largest absolute Gasteiger partial charge is 0.460 e. The average Bonchev–Trinajstić information content (AvgIpc) is 2.53. The first kappa shape index (κ1) is 17.0. The van der Waals surface area contributed by atoms with Gasteiger partial charge in [0.15, 0.2) is 0 Å². The molecule has 0 saturated heterocycles. The molecular weight excluding hydrogens is 307 g/mol. The van der Waals surface area contributed by atoms with E-state index in [9.17, 15) is 18.0 Å². The van der Waals surface area contributed by atoms with Gasteiger partial charge in [-0.2, -0.15) is 13.2 Å². The van der Waals surface area contributed by atoms with Crippen molar-refractivity contribution < 1.29 is 22.7 Å². The normalized spacial score (nSPS) is 12.7. The predicted molar refractivity (Wildman–Crippen MR) is 79.4 cm³/mol. The topological polar surface area (TPSA) is 52.3 Å². The molecule has 1 atom stereocenters. The molecule has 0 bridgehead atoms. The summed E-state index contributed by atoms with van der Waals surface area (Å²) in [7, 11) is 0. The molecule has 2 N–H and O–H groups in total. The summed E-state index contributed by atoms with van der Waals surface area (Å²) < 4.78 is 42.5. The number of rotatable bonds is 5. The Labute approximate surface area is 131 Å². The van der Waals surface area contributed by atoms with Crippen LogP contribution in [-0.2, 0) is 28.7 Å². The van der Waals surface area contributed by atoms with Crippen LogP contribution >= 0.6 is 0 Å². The van der Waals surface area contributed by atoms with Crippen molar-refractivity contribution in [1.82, 2.24) is 0 Å². The summed E-state index contributed by atoms with van der Waals surface area (Å²) >= 11 is 0. The molecule has 0 radical (unpaired) electrons. The second-order valence-electron chi connectivity index (χ2n) is 5.10. The van der Waals surface area contributed by atoms with Gasteiger partial charge in [-0.1, -0.05) is 42.5 Å². The molecule has 0 aliphatic heterocycles. The molecule has 0 amide bonds. The lowest BCUT2D eigenvalue weighted by molar-refractivity contribution is -0.146. The van der Waals surface area contributed by atoms with Crippen LogP contribution in [0.4, 0.5) is 13.2 Å². The van der Waals surface area contributed by atoms with E-state index in [1.54, 1.807) is 0 Å². The molecule has 0 unspecified atom stereocenters. The molecule has 0 spiro atoms. The van der Waals surface area contributed by atoms with Crippen molar-refractivity contribution in [1.29, 1.82) is 0 Å². The van der Waals surface area contributed by atoms with Gasteiger partial charge < -0.3 is 10.5 Å². The van der Waals surface area contributed by atoms with Crippen LogP contribution < -0.4 is 5.73 Å². The van der Waals surface area contributed by atoms with Crippen LogP contribution in [0.1, 0.15) is 16.7 Å². The lowest BCUT2D eigenvalue weighted by Crippen LogP contribution is -2.34. The van der Waals surface area contributed by atoms with Gasteiger partial charge >= 0.3 is 12.1 Å². The minimum Gasteiger partial charge on any atom is -0.460 e. The smallest absolute Gasteiger partial charge is 0.416 e. The van der Waals surface area contributed by atoms with Gasteiger partial charge in [0, 0.05) is 0 Å². The third-order valence-corrected chi connectivity index (χ3v) is 3.26. The molecule has 23 heavy (non-hydrogen) atoms. The van der Waals surface area contributed by atoms with Gasteiger partial charge in [0.2, 0.25) is 0 Å². The maximum atomic E-state index is 12.5. The summed E-state index contributed by atoms with van der Waals surface area (Å²) in [5.41, 5.74) is 6.39. The van der Waals surface area contributed by atoms with Crippen LogP contribution in [0.3, 0.4) is 0 Å². The minimum absolute atomic E-state index is 0.111. The van der Waals surface area contributed by atoms with E-state index in [1.807, 2.05) is 30.3 Å². The third-order valence-electron chi connectivity index (χ3n) is 3.26. The van der Waals surface area contributed by atoms with Crippen LogP contribution in [0.5, 0.6) is 0 Å². The van der Waals surface area contributed by atoms with Gasteiger partial charge in [0.1, 0.15) is 12.6 Å². The van der Waals surface area contributed by atoms with Gasteiger partial charge in [-0.05, 0) is 29.7 Å². The first-order chi connectivity index (χ1) is 10.9. The molecule has 2 rings (SSSR count). The number of ether oxygens (including phenoxy) is 1. The van der Waals surface area contributed by atoms with Crippen LogP contribution in [0.25, 0.3) is 0 Å². The average molecular weight is 323 g/mol. The highest BCUT2D eigenvalue weighted by Gasteiger charge is 2.30. The number of benzene rings is 2. The Balaban J connectivity index is 1.88. The lowest BCUT2D eigenvalue weighted by Gasteiger charge is -2.12. The molecule has 0 saturated carbocycles. The molecule has 2 aromatic rings. The zero-order chi connectivity index (χ0) is 16.9. The zero-order valence-electron chi connectivity index (χ0n) is 12.2. The lowest BCUT2D eigenvalue weighted by atomic mass is 10.0. The Kier molecular flexibility index (Phi) is 5.39. The number of esters is 1. The molecule has 0 heterocycles. The monoisotopic (exact) mass is 323 g/mol. The second kappa shape index (κ2) is 7.28. The molecule has 6 heteroatoms. The van der Waals surface area contributed by atoms with Crippen LogP contribution in [-0.4, -0.2) is 12.0 Å². The molecule has 3 nitrogen and oxygen atoms in total. The Morgan fingerprint density at radius 1 is 1.00 bits per heavy atom. The van der Waals surface area contributed by atoms with E-state index in [2.05, 4.69) is 0 Å². The molecule has 2 aromatic carbocycles. The van der Waals surface area contributed by atoms with Crippen molar-refractivity contribution in [2.24, 2.45) is 5.73 Å². The van der Waals surface area contributed by atoms with Crippen LogP contribution in [0, 0.1) is 0 Å². The quantitative estimate of drug-likeness (QED) is 0.859. The summed E-state index contributed by atoms with van der Waals surface area (Å²) in [6.07, 6.45) is -4.26. The summed E-state index contributed by atoms with van der Waals surface area (Å²) in [5.74, 6) is -0.589. The Hall–Kier alpha value is -2.34. The van der Waals surface area contributed by atoms with Gasteiger partial charge in [0.05, 0.1) is 5.56 Å². The number of carbonyl (C=O) groups is 1. The van der Waals surface area contributed by atoms with Crippen molar-refractivity contribution >= 4 is 5.97 Å². The summed E-state index contributed by atoms with van der Waals surface area (Å²) in [5, 5.41) is 0.